The lowest BCUT2D eigenvalue weighted by Crippen LogP contribution is -2.53. The summed E-state index contributed by atoms with van der Waals surface area (Å²) in [5, 5.41) is 3.38. The highest BCUT2D eigenvalue weighted by atomic mass is 19.4. The van der Waals surface area contributed by atoms with Crippen molar-refractivity contribution in [2.24, 2.45) is 5.92 Å². The molecule has 1 fully saturated rings. The quantitative estimate of drug-likeness (QED) is 0.777. The number of anilines is 2. The number of nitrogen functional groups attached to an aromatic ring is 1. The zero-order valence-corrected chi connectivity index (χ0v) is 15.6. The molecule has 0 radical (unpaired) electrons. The lowest BCUT2D eigenvalue weighted by Gasteiger charge is -2.36. The second kappa shape index (κ2) is 7.75. The molecule has 3 N–H and O–H groups in total. The van der Waals surface area contributed by atoms with E-state index in [0.717, 1.165) is 6.07 Å². The largest absolute Gasteiger partial charge is 0.418 e. The summed E-state index contributed by atoms with van der Waals surface area (Å²) >= 11 is 0. The number of hydrogen-bond acceptors (Lipinski definition) is 6. The van der Waals surface area contributed by atoms with Crippen molar-refractivity contribution in [1.82, 2.24) is 15.3 Å². The molecule has 0 aromatic carbocycles. The van der Waals surface area contributed by atoms with Gasteiger partial charge >= 0.3 is 6.18 Å². The van der Waals surface area contributed by atoms with Crippen LogP contribution in [0, 0.1) is 5.92 Å². The van der Waals surface area contributed by atoms with Gasteiger partial charge in [-0.1, -0.05) is 13.8 Å². The number of rotatable bonds is 4. The molecule has 2 aromatic heterocycles. The Morgan fingerprint density at radius 3 is 2.71 bits per heavy atom. The molecule has 3 rings (SSSR count). The van der Waals surface area contributed by atoms with Crippen LogP contribution in [0.25, 0.3) is 0 Å². The first-order valence-electron chi connectivity index (χ1n) is 9.00. The van der Waals surface area contributed by atoms with E-state index in [0.29, 0.717) is 31.4 Å². The Morgan fingerprint density at radius 1 is 1.32 bits per heavy atom. The molecule has 0 amide bonds. The van der Waals surface area contributed by atoms with Crippen molar-refractivity contribution < 1.29 is 18.0 Å². The van der Waals surface area contributed by atoms with Crippen molar-refractivity contribution in [3.8, 4) is 0 Å². The summed E-state index contributed by atoms with van der Waals surface area (Å²) in [6, 6.07) is 5.21. The molecule has 28 heavy (non-hydrogen) atoms. The average molecular weight is 393 g/mol. The molecule has 0 bridgehead atoms. The van der Waals surface area contributed by atoms with Crippen molar-refractivity contribution in [2.45, 2.75) is 26.1 Å². The Hall–Kier alpha value is -2.68. The number of carbonyl (C=O) groups is 1. The third-order valence-electron chi connectivity index (χ3n) is 4.82. The van der Waals surface area contributed by atoms with Crippen molar-refractivity contribution in [3.63, 3.8) is 0 Å². The molecule has 1 aliphatic rings. The second-order valence-corrected chi connectivity index (χ2v) is 7.08. The number of nitrogens with zero attached hydrogens (tertiary/aromatic N) is 3. The second-order valence-electron chi connectivity index (χ2n) is 7.08. The van der Waals surface area contributed by atoms with E-state index in [1.165, 1.54) is 24.4 Å². The van der Waals surface area contributed by atoms with Gasteiger partial charge in [0, 0.05) is 31.9 Å². The van der Waals surface area contributed by atoms with Gasteiger partial charge in [-0.15, -0.1) is 0 Å². The van der Waals surface area contributed by atoms with Crippen molar-refractivity contribution in [1.29, 1.82) is 0 Å². The summed E-state index contributed by atoms with van der Waals surface area (Å²) in [4.78, 5) is 22.6. The van der Waals surface area contributed by atoms with Crippen LogP contribution >= 0.6 is 0 Å². The maximum absolute atomic E-state index is 13.5. The lowest BCUT2D eigenvalue weighted by molar-refractivity contribution is -0.138. The molecule has 0 spiro atoms. The van der Waals surface area contributed by atoms with Gasteiger partial charge in [0.05, 0.1) is 11.1 Å². The first-order chi connectivity index (χ1) is 13.2. The van der Waals surface area contributed by atoms with Gasteiger partial charge in [-0.3, -0.25) is 4.79 Å². The molecule has 0 saturated carbocycles. The van der Waals surface area contributed by atoms with Gasteiger partial charge in [0.1, 0.15) is 17.3 Å². The van der Waals surface area contributed by atoms with Crippen LogP contribution in [0.1, 0.15) is 35.5 Å². The van der Waals surface area contributed by atoms with E-state index in [-0.39, 0.29) is 17.4 Å². The first-order valence-corrected chi connectivity index (χ1v) is 9.00. The predicted molar refractivity (Wildman–Crippen MR) is 100 cm³/mol. The Bertz CT molecular complexity index is 869. The monoisotopic (exact) mass is 393 g/mol. The number of ketones is 1. The summed E-state index contributed by atoms with van der Waals surface area (Å²) in [5.74, 6) is -0.329. The number of nitrogens with two attached hydrogens (primary N) is 1. The van der Waals surface area contributed by atoms with E-state index in [2.05, 4.69) is 29.1 Å². The molecule has 150 valence electrons. The SMILES string of the molecule is CC(C)[C@H]1CN(c2ccc(C(F)(F)F)c(C(=O)c3cccnc3N)n2)CCN1. The Labute approximate surface area is 161 Å². The van der Waals surface area contributed by atoms with Crippen LogP contribution in [0.2, 0.25) is 0 Å². The minimum atomic E-state index is -4.71. The van der Waals surface area contributed by atoms with E-state index < -0.39 is 23.2 Å². The zero-order chi connectivity index (χ0) is 20.5. The number of carbonyl (C=O) groups excluding carboxylic acids is 1. The van der Waals surface area contributed by atoms with Gasteiger partial charge in [0.2, 0.25) is 5.78 Å². The number of aromatic nitrogens is 2. The van der Waals surface area contributed by atoms with E-state index in [1.807, 2.05) is 4.90 Å². The number of pyridine rings is 2. The van der Waals surface area contributed by atoms with Gasteiger partial charge in [-0.25, -0.2) is 9.97 Å². The number of nitrogens with one attached hydrogen (secondary N) is 1. The normalized spacial score (nSPS) is 17.8. The van der Waals surface area contributed by atoms with Crippen LogP contribution < -0.4 is 16.0 Å². The maximum atomic E-state index is 13.5. The molecule has 1 aliphatic heterocycles. The summed E-state index contributed by atoms with van der Waals surface area (Å²) in [5.41, 5.74) is 3.85. The summed E-state index contributed by atoms with van der Waals surface area (Å²) in [6.07, 6.45) is -3.34. The highest BCUT2D eigenvalue weighted by molar-refractivity contribution is 6.11. The van der Waals surface area contributed by atoms with Crippen LogP contribution in [-0.4, -0.2) is 41.4 Å². The fourth-order valence-electron chi connectivity index (χ4n) is 3.20. The topological polar surface area (TPSA) is 84.1 Å². The Kier molecular flexibility index (Phi) is 5.55. The number of alkyl halides is 3. The zero-order valence-electron chi connectivity index (χ0n) is 15.6. The molecule has 0 unspecified atom stereocenters. The maximum Gasteiger partial charge on any atom is 0.418 e. The standard InChI is InChI=1S/C19H22F3N5O/c1-11(2)14-10-27(9-8-24-14)15-6-5-13(19(20,21)22)16(26-15)17(28)12-4-3-7-25-18(12)23/h3-7,11,14,24H,8-10H2,1-2H3,(H2,23,25)/t14-/m1/s1. The van der Waals surface area contributed by atoms with Crippen LogP contribution in [-0.2, 0) is 6.18 Å². The van der Waals surface area contributed by atoms with Gasteiger partial charge in [-0.2, -0.15) is 13.2 Å². The summed E-state index contributed by atoms with van der Waals surface area (Å²) in [6.45, 7) is 6.01. The van der Waals surface area contributed by atoms with Gasteiger partial charge in [-0.05, 0) is 30.2 Å². The van der Waals surface area contributed by atoms with Crippen molar-refractivity contribution >= 4 is 17.4 Å². The van der Waals surface area contributed by atoms with Crippen LogP contribution in [0.4, 0.5) is 24.8 Å². The minimum absolute atomic E-state index is 0.0991. The van der Waals surface area contributed by atoms with Crippen molar-refractivity contribution in [3.05, 3.63) is 47.3 Å². The third-order valence-corrected chi connectivity index (χ3v) is 4.82. The molecule has 1 saturated heterocycles. The molecule has 1 atom stereocenters. The van der Waals surface area contributed by atoms with E-state index in [1.54, 1.807) is 0 Å². The fraction of sp³-hybridized carbons (Fsp3) is 0.421. The molecule has 9 heteroatoms. The Balaban J connectivity index is 2.03. The number of hydrogen-bond donors (Lipinski definition) is 2. The van der Waals surface area contributed by atoms with Crippen LogP contribution in [0.3, 0.4) is 0 Å². The molecule has 6 nitrogen and oxygen atoms in total. The minimum Gasteiger partial charge on any atom is -0.383 e. The van der Waals surface area contributed by atoms with Crippen LogP contribution in [0.15, 0.2) is 30.5 Å². The lowest BCUT2D eigenvalue weighted by atomic mass is 10.0. The van der Waals surface area contributed by atoms with E-state index in [9.17, 15) is 18.0 Å². The molecule has 0 aliphatic carbocycles. The Morgan fingerprint density at radius 2 is 2.07 bits per heavy atom. The van der Waals surface area contributed by atoms with Gasteiger partial charge in [0.25, 0.3) is 0 Å². The fourth-order valence-corrected chi connectivity index (χ4v) is 3.20. The summed E-state index contributed by atoms with van der Waals surface area (Å²) in [7, 11) is 0. The summed E-state index contributed by atoms with van der Waals surface area (Å²) < 4.78 is 40.5. The number of piperazine rings is 1. The molecule has 2 aromatic rings. The number of halogens is 3. The predicted octanol–water partition coefficient (Wildman–Crippen LogP) is 2.74. The molecule has 3 heterocycles. The highest BCUT2D eigenvalue weighted by Crippen LogP contribution is 2.34. The molecular formula is C19H22F3N5O. The van der Waals surface area contributed by atoms with Gasteiger partial charge < -0.3 is 16.0 Å². The third kappa shape index (κ3) is 4.09. The highest BCUT2D eigenvalue weighted by Gasteiger charge is 2.37. The molecular weight excluding hydrogens is 371 g/mol. The first kappa shape index (κ1) is 20.1. The van der Waals surface area contributed by atoms with E-state index >= 15 is 0 Å². The smallest absolute Gasteiger partial charge is 0.383 e. The van der Waals surface area contributed by atoms with Crippen molar-refractivity contribution in [2.75, 3.05) is 30.3 Å². The van der Waals surface area contributed by atoms with E-state index in [4.69, 9.17) is 5.73 Å². The van der Waals surface area contributed by atoms with Gasteiger partial charge in [0.15, 0.2) is 0 Å². The average Bonchev–Trinajstić information content (AvgIpc) is 2.66. The van der Waals surface area contributed by atoms with Crippen LogP contribution in [0.5, 0.6) is 0 Å².